The molecule has 0 heterocycles. The Kier molecular flexibility index (Phi) is 10.9. The van der Waals surface area contributed by atoms with Crippen LogP contribution in [-0.4, -0.2) is 25.4 Å². The first-order chi connectivity index (χ1) is 6.85. The van der Waals surface area contributed by atoms with Crippen LogP contribution in [0.5, 0.6) is 0 Å². The Morgan fingerprint density at radius 3 is 2.43 bits per heavy atom. The van der Waals surface area contributed by atoms with E-state index >= 15 is 0 Å². The van der Waals surface area contributed by atoms with Crippen LogP contribution in [0.4, 0.5) is 0 Å². The number of rotatable bonds is 10. The van der Waals surface area contributed by atoms with E-state index in [4.69, 9.17) is 9.84 Å². The van der Waals surface area contributed by atoms with Crippen molar-refractivity contribution in [2.75, 3.05) is 20.3 Å². The van der Waals surface area contributed by atoms with Crippen LogP contribution in [-0.2, 0) is 4.74 Å². The van der Waals surface area contributed by atoms with Gasteiger partial charge in [0, 0.05) is 20.3 Å². The van der Waals surface area contributed by atoms with Crippen molar-refractivity contribution in [3.05, 3.63) is 0 Å². The predicted octanol–water partition coefficient (Wildman–Crippen LogP) is 2.99. The number of methoxy groups -OCH3 is 1. The van der Waals surface area contributed by atoms with Crippen molar-refractivity contribution in [2.45, 2.75) is 51.9 Å². The fraction of sp³-hybridized carbons (Fsp3) is 1.00. The molecule has 0 amide bonds. The van der Waals surface area contributed by atoms with Crippen LogP contribution >= 0.6 is 0 Å². The summed E-state index contributed by atoms with van der Waals surface area (Å²) >= 11 is 0. The molecule has 1 unspecified atom stereocenters. The molecular weight excluding hydrogens is 176 g/mol. The summed E-state index contributed by atoms with van der Waals surface area (Å²) in [5.74, 6) is 0.664. The lowest BCUT2D eigenvalue weighted by atomic mass is 9.95. The van der Waals surface area contributed by atoms with Crippen molar-refractivity contribution in [1.82, 2.24) is 0 Å². The van der Waals surface area contributed by atoms with Gasteiger partial charge in [-0.3, -0.25) is 0 Å². The number of unbranched alkanes of at least 4 members (excludes halogenated alkanes) is 3. The second-order valence-corrected chi connectivity index (χ2v) is 4.01. The molecule has 0 aromatic carbocycles. The second kappa shape index (κ2) is 11.0. The van der Waals surface area contributed by atoms with Gasteiger partial charge in [-0.15, -0.1) is 0 Å². The number of aliphatic hydroxyl groups excluding tert-OH is 1. The Morgan fingerprint density at radius 2 is 1.86 bits per heavy atom. The van der Waals surface area contributed by atoms with Gasteiger partial charge in [0.25, 0.3) is 0 Å². The maximum Gasteiger partial charge on any atom is 0.0464 e. The molecule has 0 fully saturated rings. The third-order valence-electron chi connectivity index (χ3n) is 2.73. The minimum Gasteiger partial charge on any atom is -0.396 e. The van der Waals surface area contributed by atoms with Crippen LogP contribution in [0, 0.1) is 5.92 Å². The van der Waals surface area contributed by atoms with Crippen LogP contribution < -0.4 is 0 Å². The van der Waals surface area contributed by atoms with Gasteiger partial charge in [-0.25, -0.2) is 0 Å². The highest BCUT2D eigenvalue weighted by atomic mass is 16.5. The molecule has 2 heteroatoms. The average molecular weight is 202 g/mol. The van der Waals surface area contributed by atoms with Gasteiger partial charge in [0.1, 0.15) is 0 Å². The fourth-order valence-corrected chi connectivity index (χ4v) is 1.76. The van der Waals surface area contributed by atoms with Crippen LogP contribution in [0.15, 0.2) is 0 Å². The first kappa shape index (κ1) is 13.9. The van der Waals surface area contributed by atoms with Crippen molar-refractivity contribution in [1.29, 1.82) is 0 Å². The normalized spacial score (nSPS) is 13.1. The Morgan fingerprint density at radius 1 is 1.07 bits per heavy atom. The van der Waals surface area contributed by atoms with Crippen molar-refractivity contribution >= 4 is 0 Å². The topological polar surface area (TPSA) is 29.5 Å². The van der Waals surface area contributed by atoms with E-state index in [-0.39, 0.29) is 0 Å². The molecule has 1 atom stereocenters. The van der Waals surface area contributed by atoms with Crippen molar-refractivity contribution in [3.8, 4) is 0 Å². The summed E-state index contributed by atoms with van der Waals surface area (Å²) in [5.41, 5.74) is 0. The number of ether oxygens (including phenoxy) is 1. The lowest BCUT2D eigenvalue weighted by molar-refractivity contribution is 0.161. The molecule has 86 valence electrons. The number of hydrogen-bond donors (Lipinski definition) is 1. The maximum atomic E-state index is 8.90. The van der Waals surface area contributed by atoms with Gasteiger partial charge < -0.3 is 9.84 Å². The average Bonchev–Trinajstić information content (AvgIpc) is 2.20. The Hall–Kier alpha value is -0.0800. The zero-order valence-electron chi connectivity index (χ0n) is 9.80. The first-order valence-corrected chi connectivity index (χ1v) is 5.95. The highest BCUT2D eigenvalue weighted by molar-refractivity contribution is 4.59. The van der Waals surface area contributed by atoms with Crippen molar-refractivity contribution in [3.63, 3.8) is 0 Å². The van der Waals surface area contributed by atoms with Crippen LogP contribution in [0.3, 0.4) is 0 Å². The van der Waals surface area contributed by atoms with E-state index < -0.39 is 0 Å². The summed E-state index contributed by atoms with van der Waals surface area (Å²) in [5, 5.41) is 8.90. The van der Waals surface area contributed by atoms with E-state index in [0.29, 0.717) is 12.5 Å². The molecule has 0 aliphatic carbocycles. The lowest BCUT2D eigenvalue weighted by Crippen LogP contribution is -2.06. The monoisotopic (exact) mass is 202 g/mol. The van der Waals surface area contributed by atoms with Crippen molar-refractivity contribution in [2.24, 2.45) is 5.92 Å². The quantitative estimate of drug-likeness (QED) is 0.552. The lowest BCUT2D eigenvalue weighted by Gasteiger charge is -2.14. The Bertz CT molecular complexity index is 104. The molecule has 0 aliphatic heterocycles. The van der Waals surface area contributed by atoms with E-state index in [2.05, 4.69) is 6.92 Å². The summed E-state index contributed by atoms with van der Waals surface area (Å²) in [6.07, 6.45) is 8.58. The molecule has 0 saturated heterocycles. The van der Waals surface area contributed by atoms with E-state index in [1.807, 2.05) is 0 Å². The largest absolute Gasteiger partial charge is 0.396 e. The van der Waals surface area contributed by atoms with Crippen molar-refractivity contribution < 1.29 is 9.84 Å². The van der Waals surface area contributed by atoms with E-state index in [9.17, 15) is 0 Å². The van der Waals surface area contributed by atoms with E-state index in [0.717, 1.165) is 19.4 Å². The molecule has 0 aromatic heterocycles. The summed E-state index contributed by atoms with van der Waals surface area (Å²) in [4.78, 5) is 0. The minimum absolute atomic E-state index is 0.322. The van der Waals surface area contributed by atoms with Crippen LogP contribution in [0.1, 0.15) is 51.9 Å². The van der Waals surface area contributed by atoms with Gasteiger partial charge in [0.05, 0.1) is 0 Å². The van der Waals surface area contributed by atoms with Gasteiger partial charge in [0.2, 0.25) is 0 Å². The van der Waals surface area contributed by atoms with Gasteiger partial charge in [-0.2, -0.15) is 0 Å². The molecule has 2 nitrogen and oxygen atoms in total. The van der Waals surface area contributed by atoms with E-state index in [1.54, 1.807) is 7.11 Å². The summed E-state index contributed by atoms with van der Waals surface area (Å²) in [6, 6.07) is 0. The first-order valence-electron chi connectivity index (χ1n) is 5.95. The molecule has 0 saturated carbocycles. The highest BCUT2D eigenvalue weighted by Gasteiger charge is 2.07. The maximum absolute atomic E-state index is 8.90. The Labute approximate surface area is 88.7 Å². The minimum atomic E-state index is 0.322. The molecule has 0 spiro atoms. The second-order valence-electron chi connectivity index (χ2n) is 4.01. The van der Waals surface area contributed by atoms with E-state index in [1.165, 1.54) is 32.1 Å². The van der Waals surface area contributed by atoms with Gasteiger partial charge in [-0.05, 0) is 18.8 Å². The molecule has 14 heavy (non-hydrogen) atoms. The molecule has 0 bridgehead atoms. The van der Waals surface area contributed by atoms with Crippen LogP contribution in [0.25, 0.3) is 0 Å². The van der Waals surface area contributed by atoms with Gasteiger partial charge in [0.15, 0.2) is 0 Å². The third kappa shape index (κ3) is 8.52. The predicted molar refractivity (Wildman–Crippen MR) is 60.4 cm³/mol. The number of aliphatic hydroxyl groups is 1. The summed E-state index contributed by atoms with van der Waals surface area (Å²) < 4.78 is 5.06. The number of hydrogen-bond acceptors (Lipinski definition) is 2. The Balaban J connectivity index is 3.40. The van der Waals surface area contributed by atoms with Gasteiger partial charge in [-0.1, -0.05) is 39.0 Å². The van der Waals surface area contributed by atoms with Gasteiger partial charge >= 0.3 is 0 Å². The molecule has 0 aromatic rings. The zero-order chi connectivity index (χ0) is 10.6. The molecule has 1 N–H and O–H groups in total. The summed E-state index contributed by atoms with van der Waals surface area (Å²) in [7, 11) is 1.74. The van der Waals surface area contributed by atoms with Crippen LogP contribution in [0.2, 0.25) is 0 Å². The molecule has 0 radical (unpaired) electrons. The smallest absolute Gasteiger partial charge is 0.0464 e. The summed E-state index contributed by atoms with van der Waals surface area (Å²) in [6.45, 7) is 3.39. The SMILES string of the molecule is CCCCCCC(CCO)CCOC. The molecule has 0 rings (SSSR count). The molecule has 0 aliphatic rings. The highest BCUT2D eigenvalue weighted by Crippen LogP contribution is 2.17. The zero-order valence-corrected chi connectivity index (χ0v) is 9.80. The third-order valence-corrected chi connectivity index (χ3v) is 2.73. The standard InChI is InChI=1S/C12H26O2/c1-3-4-5-6-7-12(8-10-13)9-11-14-2/h12-13H,3-11H2,1-2H3. The molecular formula is C12H26O2. The fourth-order valence-electron chi connectivity index (χ4n) is 1.76.